The molecule has 0 radical (unpaired) electrons. The molecule has 1 saturated carbocycles. The SMILES string of the molecule is CCc1ccc(Nc2ccc(C(=O)c3c[nH]c4ncnc(NC5CCCC5)c34)c(F)n2)cn1. The van der Waals surface area contributed by atoms with Crippen molar-refractivity contribution < 1.29 is 9.18 Å². The van der Waals surface area contributed by atoms with Crippen molar-refractivity contribution in [2.75, 3.05) is 10.6 Å². The van der Waals surface area contributed by atoms with Gasteiger partial charge in [-0.3, -0.25) is 9.78 Å². The van der Waals surface area contributed by atoms with E-state index < -0.39 is 11.7 Å². The first-order valence-corrected chi connectivity index (χ1v) is 11.1. The number of ketones is 1. The van der Waals surface area contributed by atoms with Crippen molar-refractivity contribution in [1.29, 1.82) is 0 Å². The van der Waals surface area contributed by atoms with Crippen LogP contribution in [0.2, 0.25) is 0 Å². The maximum Gasteiger partial charge on any atom is 0.226 e. The molecule has 0 spiro atoms. The molecule has 168 valence electrons. The van der Waals surface area contributed by atoms with E-state index in [1.54, 1.807) is 18.5 Å². The normalized spacial score (nSPS) is 14.0. The van der Waals surface area contributed by atoms with Gasteiger partial charge in [0.1, 0.15) is 23.6 Å². The quantitative estimate of drug-likeness (QED) is 0.277. The van der Waals surface area contributed by atoms with Gasteiger partial charge in [0.2, 0.25) is 5.95 Å². The molecular formula is C24H24FN7O. The van der Waals surface area contributed by atoms with Crippen LogP contribution >= 0.6 is 0 Å². The monoisotopic (exact) mass is 445 g/mol. The van der Waals surface area contributed by atoms with Gasteiger partial charge < -0.3 is 15.6 Å². The summed E-state index contributed by atoms with van der Waals surface area (Å²) in [5.74, 6) is -0.442. The van der Waals surface area contributed by atoms with Crippen molar-refractivity contribution >= 4 is 34.1 Å². The molecule has 4 aromatic heterocycles. The summed E-state index contributed by atoms with van der Waals surface area (Å²) in [6.45, 7) is 2.02. The minimum Gasteiger partial charge on any atom is -0.367 e. The number of nitrogens with zero attached hydrogens (tertiary/aromatic N) is 4. The van der Waals surface area contributed by atoms with Crippen LogP contribution in [0, 0.1) is 5.95 Å². The third kappa shape index (κ3) is 4.26. The lowest BCUT2D eigenvalue weighted by molar-refractivity contribution is 0.103. The second-order valence-electron chi connectivity index (χ2n) is 8.15. The Labute approximate surface area is 190 Å². The summed E-state index contributed by atoms with van der Waals surface area (Å²) in [5, 5.41) is 7.01. The lowest BCUT2D eigenvalue weighted by Crippen LogP contribution is -2.16. The van der Waals surface area contributed by atoms with Crippen LogP contribution in [0.3, 0.4) is 0 Å². The van der Waals surface area contributed by atoms with Gasteiger partial charge in [-0.2, -0.15) is 4.39 Å². The number of fused-ring (bicyclic) bond motifs is 1. The van der Waals surface area contributed by atoms with Crippen molar-refractivity contribution in [2.45, 2.75) is 45.1 Å². The summed E-state index contributed by atoms with van der Waals surface area (Å²) in [6, 6.07) is 7.08. The Morgan fingerprint density at radius 2 is 1.97 bits per heavy atom. The number of hydrogen-bond acceptors (Lipinski definition) is 7. The van der Waals surface area contributed by atoms with Crippen LogP contribution in [0.15, 0.2) is 43.0 Å². The van der Waals surface area contributed by atoms with Crippen LogP contribution in [0.25, 0.3) is 11.0 Å². The Hall–Kier alpha value is -3.88. The summed E-state index contributed by atoms with van der Waals surface area (Å²) in [7, 11) is 0. The number of hydrogen-bond donors (Lipinski definition) is 3. The Morgan fingerprint density at radius 1 is 1.12 bits per heavy atom. The molecule has 33 heavy (non-hydrogen) atoms. The van der Waals surface area contributed by atoms with Gasteiger partial charge in [-0.25, -0.2) is 15.0 Å². The van der Waals surface area contributed by atoms with Crippen molar-refractivity contribution in [3.05, 3.63) is 65.8 Å². The summed E-state index contributed by atoms with van der Waals surface area (Å²) < 4.78 is 14.9. The Bertz CT molecular complexity index is 1300. The molecule has 1 aliphatic rings. The summed E-state index contributed by atoms with van der Waals surface area (Å²) in [5.41, 5.74) is 2.38. The smallest absolute Gasteiger partial charge is 0.226 e. The Balaban J connectivity index is 1.42. The lowest BCUT2D eigenvalue weighted by Gasteiger charge is -2.13. The highest BCUT2D eigenvalue weighted by atomic mass is 19.1. The number of aryl methyl sites for hydroxylation is 1. The highest BCUT2D eigenvalue weighted by Crippen LogP contribution is 2.29. The first-order chi connectivity index (χ1) is 16.1. The van der Waals surface area contributed by atoms with Crippen LogP contribution in [-0.2, 0) is 6.42 Å². The molecule has 1 aliphatic carbocycles. The molecular weight excluding hydrogens is 421 g/mol. The molecule has 4 aromatic rings. The molecule has 1 fully saturated rings. The first-order valence-electron chi connectivity index (χ1n) is 11.1. The van der Waals surface area contributed by atoms with Gasteiger partial charge in [0.15, 0.2) is 5.78 Å². The van der Waals surface area contributed by atoms with Crippen molar-refractivity contribution in [1.82, 2.24) is 24.9 Å². The van der Waals surface area contributed by atoms with E-state index >= 15 is 0 Å². The molecule has 0 aromatic carbocycles. The minimum absolute atomic E-state index is 0.114. The Morgan fingerprint density at radius 3 is 2.70 bits per heavy atom. The predicted octanol–water partition coefficient (Wildman–Crippen LogP) is 4.78. The fraction of sp³-hybridized carbons (Fsp3) is 0.292. The van der Waals surface area contributed by atoms with Crippen LogP contribution in [0.4, 0.5) is 21.7 Å². The van der Waals surface area contributed by atoms with Crippen molar-refractivity contribution in [2.24, 2.45) is 0 Å². The average Bonchev–Trinajstić information content (AvgIpc) is 3.50. The van der Waals surface area contributed by atoms with Crippen LogP contribution in [-0.4, -0.2) is 36.7 Å². The molecule has 3 N–H and O–H groups in total. The predicted molar refractivity (Wildman–Crippen MR) is 124 cm³/mol. The molecule has 5 rings (SSSR count). The zero-order chi connectivity index (χ0) is 22.8. The molecule has 9 heteroatoms. The van der Waals surface area contributed by atoms with Crippen LogP contribution < -0.4 is 10.6 Å². The van der Waals surface area contributed by atoms with Crippen LogP contribution in [0.1, 0.15) is 54.2 Å². The van der Waals surface area contributed by atoms with Crippen LogP contribution in [0.5, 0.6) is 0 Å². The van der Waals surface area contributed by atoms with Gasteiger partial charge in [0, 0.05) is 17.9 Å². The number of carbonyl (C=O) groups excluding carboxylic acids is 1. The van der Waals surface area contributed by atoms with E-state index in [0.717, 1.165) is 25.0 Å². The zero-order valence-electron chi connectivity index (χ0n) is 18.2. The van der Waals surface area contributed by atoms with Gasteiger partial charge in [-0.05, 0) is 43.5 Å². The molecule has 0 amide bonds. The number of rotatable bonds is 7. The van der Waals surface area contributed by atoms with Crippen molar-refractivity contribution in [3.63, 3.8) is 0 Å². The fourth-order valence-electron chi connectivity index (χ4n) is 4.19. The molecule has 0 bridgehead atoms. The summed E-state index contributed by atoms with van der Waals surface area (Å²) >= 11 is 0. The largest absolute Gasteiger partial charge is 0.367 e. The number of aromatic nitrogens is 5. The minimum atomic E-state index is -0.848. The summed E-state index contributed by atoms with van der Waals surface area (Å²) in [6.07, 6.45) is 9.96. The van der Waals surface area contributed by atoms with Gasteiger partial charge in [-0.15, -0.1) is 0 Å². The highest BCUT2D eigenvalue weighted by molar-refractivity contribution is 6.18. The van der Waals surface area contributed by atoms with Gasteiger partial charge in [0.25, 0.3) is 0 Å². The van der Waals surface area contributed by atoms with Gasteiger partial charge in [-0.1, -0.05) is 19.8 Å². The van der Waals surface area contributed by atoms with Gasteiger partial charge >= 0.3 is 0 Å². The maximum absolute atomic E-state index is 14.9. The molecule has 4 heterocycles. The second-order valence-corrected chi connectivity index (χ2v) is 8.15. The number of H-pyrrole nitrogens is 1. The topological polar surface area (TPSA) is 108 Å². The average molecular weight is 446 g/mol. The van der Waals surface area contributed by atoms with Gasteiger partial charge in [0.05, 0.1) is 28.4 Å². The summed E-state index contributed by atoms with van der Waals surface area (Å²) in [4.78, 5) is 33.1. The molecule has 8 nitrogen and oxygen atoms in total. The number of halogens is 1. The lowest BCUT2D eigenvalue weighted by atomic mass is 10.0. The number of anilines is 3. The zero-order valence-corrected chi connectivity index (χ0v) is 18.2. The molecule has 0 aliphatic heterocycles. The molecule has 0 saturated heterocycles. The van der Waals surface area contributed by atoms with E-state index in [2.05, 4.69) is 35.6 Å². The highest BCUT2D eigenvalue weighted by Gasteiger charge is 2.24. The molecule has 0 unspecified atom stereocenters. The number of carbonyl (C=O) groups is 1. The third-order valence-corrected chi connectivity index (χ3v) is 5.96. The fourth-order valence-corrected chi connectivity index (χ4v) is 4.19. The van der Waals surface area contributed by atoms with E-state index in [9.17, 15) is 9.18 Å². The second kappa shape index (κ2) is 8.93. The van der Waals surface area contributed by atoms with E-state index in [1.807, 2.05) is 19.1 Å². The number of aromatic amines is 1. The first kappa shape index (κ1) is 21.0. The van der Waals surface area contributed by atoms with Crippen molar-refractivity contribution in [3.8, 4) is 0 Å². The Kier molecular flexibility index (Phi) is 5.68. The van der Waals surface area contributed by atoms with E-state index in [0.29, 0.717) is 40.0 Å². The van der Waals surface area contributed by atoms with E-state index in [-0.39, 0.29) is 5.56 Å². The van der Waals surface area contributed by atoms with E-state index in [4.69, 9.17) is 0 Å². The molecule has 0 atom stereocenters. The number of nitrogens with one attached hydrogen (secondary N) is 3. The van der Waals surface area contributed by atoms with E-state index in [1.165, 1.54) is 25.2 Å². The number of pyridine rings is 2. The third-order valence-electron chi connectivity index (χ3n) is 5.96. The standard InChI is InChI=1S/C24H24FN7O/c1-2-14-7-8-16(11-26-14)30-19-10-9-17(22(25)32-19)21(33)18-12-27-23-20(18)24(29-13-28-23)31-15-5-3-4-6-15/h7-13,15H,2-6H2,1H3,(H,30,32)(H2,27,28,29,31). The maximum atomic E-state index is 14.9.